The Labute approximate surface area is 74.6 Å². The summed E-state index contributed by atoms with van der Waals surface area (Å²) in [5.74, 6) is -0.587. The van der Waals surface area contributed by atoms with E-state index in [9.17, 15) is 8.78 Å². The van der Waals surface area contributed by atoms with Crippen LogP contribution in [0.1, 0.15) is 12.0 Å². The zero-order valence-corrected chi connectivity index (χ0v) is 6.89. The molecule has 1 aromatic rings. The lowest BCUT2D eigenvalue weighted by molar-refractivity contribution is 0.307. The summed E-state index contributed by atoms with van der Waals surface area (Å²) in [4.78, 5) is 0. The van der Waals surface area contributed by atoms with Crippen LogP contribution in [0.15, 0.2) is 24.3 Å². The molecule has 1 aliphatic rings. The predicted molar refractivity (Wildman–Crippen MR) is 44.9 cm³/mol. The minimum Gasteiger partial charge on any atom is -0.493 e. The minimum atomic E-state index is -0.577. The van der Waals surface area contributed by atoms with Gasteiger partial charge in [-0.15, -0.1) is 0 Å². The van der Waals surface area contributed by atoms with Gasteiger partial charge >= 0.3 is 0 Å². The van der Waals surface area contributed by atoms with E-state index in [2.05, 4.69) is 0 Å². The van der Waals surface area contributed by atoms with Crippen LogP contribution in [-0.4, -0.2) is 6.61 Å². The van der Waals surface area contributed by atoms with Crippen LogP contribution in [0.25, 0.3) is 5.76 Å². The Balaban J connectivity index is 2.39. The van der Waals surface area contributed by atoms with Crippen LogP contribution in [0.3, 0.4) is 0 Å². The normalized spacial score (nSPS) is 15.4. The van der Waals surface area contributed by atoms with Gasteiger partial charge in [0, 0.05) is 18.1 Å². The molecule has 0 atom stereocenters. The maximum absolute atomic E-state index is 12.8. The first-order chi connectivity index (χ1) is 6.25. The Bertz CT molecular complexity index is 338. The molecule has 0 aliphatic carbocycles. The summed E-state index contributed by atoms with van der Waals surface area (Å²) >= 11 is 0. The van der Waals surface area contributed by atoms with E-state index < -0.39 is 11.6 Å². The Kier molecular flexibility index (Phi) is 2.00. The van der Waals surface area contributed by atoms with Crippen molar-refractivity contribution in [3.8, 4) is 0 Å². The SMILES string of the molecule is Fc1cc(F)cc(C2=CCCO2)c1. The fourth-order valence-electron chi connectivity index (χ4n) is 1.32. The number of hydrogen-bond acceptors (Lipinski definition) is 1. The fraction of sp³-hybridized carbons (Fsp3) is 0.200. The molecule has 0 bridgehead atoms. The summed E-state index contributed by atoms with van der Waals surface area (Å²) in [5, 5.41) is 0. The molecule has 0 radical (unpaired) electrons. The average molecular weight is 182 g/mol. The van der Waals surface area contributed by atoms with Crippen molar-refractivity contribution in [2.75, 3.05) is 6.61 Å². The van der Waals surface area contributed by atoms with Crippen LogP contribution in [0.4, 0.5) is 8.78 Å². The van der Waals surface area contributed by atoms with Gasteiger partial charge in [-0.3, -0.25) is 0 Å². The lowest BCUT2D eigenvalue weighted by Gasteiger charge is -2.03. The summed E-state index contributed by atoms with van der Waals surface area (Å²) in [7, 11) is 0. The Morgan fingerprint density at radius 1 is 1.08 bits per heavy atom. The second-order valence-electron chi connectivity index (χ2n) is 2.86. The lowest BCUT2D eigenvalue weighted by Crippen LogP contribution is -1.89. The average Bonchev–Trinajstić information content (AvgIpc) is 2.53. The van der Waals surface area contributed by atoms with Crippen LogP contribution in [-0.2, 0) is 4.74 Å². The summed E-state index contributed by atoms with van der Waals surface area (Å²) in [6.45, 7) is 0.591. The van der Waals surface area contributed by atoms with E-state index in [1.807, 2.05) is 6.08 Å². The van der Waals surface area contributed by atoms with Gasteiger partial charge < -0.3 is 4.74 Å². The molecule has 1 aliphatic heterocycles. The highest BCUT2D eigenvalue weighted by molar-refractivity contribution is 5.61. The number of ether oxygens (including phenoxy) is 1. The number of hydrogen-bond donors (Lipinski definition) is 0. The van der Waals surface area contributed by atoms with Crippen molar-refractivity contribution in [2.24, 2.45) is 0 Å². The molecule has 0 fully saturated rings. The molecule has 2 rings (SSSR count). The van der Waals surface area contributed by atoms with Crippen LogP contribution in [0.2, 0.25) is 0 Å². The van der Waals surface area contributed by atoms with Gasteiger partial charge in [-0.1, -0.05) is 0 Å². The molecule has 1 nitrogen and oxygen atoms in total. The molecule has 13 heavy (non-hydrogen) atoms. The van der Waals surface area contributed by atoms with E-state index in [1.165, 1.54) is 12.1 Å². The van der Waals surface area contributed by atoms with E-state index >= 15 is 0 Å². The van der Waals surface area contributed by atoms with Crippen molar-refractivity contribution in [1.29, 1.82) is 0 Å². The van der Waals surface area contributed by atoms with Gasteiger partial charge in [0.1, 0.15) is 17.4 Å². The van der Waals surface area contributed by atoms with Crippen molar-refractivity contribution in [2.45, 2.75) is 6.42 Å². The Morgan fingerprint density at radius 2 is 1.77 bits per heavy atom. The molecule has 0 saturated heterocycles. The second kappa shape index (κ2) is 3.17. The largest absolute Gasteiger partial charge is 0.493 e. The minimum absolute atomic E-state index is 0.468. The summed E-state index contributed by atoms with van der Waals surface area (Å²) in [6, 6.07) is 3.37. The Morgan fingerprint density at radius 3 is 2.31 bits per heavy atom. The molecule has 0 saturated carbocycles. The van der Waals surface area contributed by atoms with E-state index in [0.29, 0.717) is 17.9 Å². The van der Waals surface area contributed by atoms with Crippen LogP contribution in [0.5, 0.6) is 0 Å². The van der Waals surface area contributed by atoms with E-state index in [-0.39, 0.29) is 0 Å². The van der Waals surface area contributed by atoms with Crippen molar-refractivity contribution in [1.82, 2.24) is 0 Å². The van der Waals surface area contributed by atoms with Gasteiger partial charge in [0.25, 0.3) is 0 Å². The molecule has 0 spiro atoms. The van der Waals surface area contributed by atoms with Crippen molar-refractivity contribution >= 4 is 5.76 Å². The Hall–Kier alpha value is -1.38. The van der Waals surface area contributed by atoms with Crippen molar-refractivity contribution < 1.29 is 13.5 Å². The molecule has 3 heteroatoms. The maximum Gasteiger partial charge on any atom is 0.126 e. The third-order valence-corrected chi connectivity index (χ3v) is 1.85. The molecule has 0 N–H and O–H groups in total. The van der Waals surface area contributed by atoms with Crippen LogP contribution < -0.4 is 0 Å². The molecule has 1 aromatic carbocycles. The first-order valence-corrected chi connectivity index (χ1v) is 4.05. The number of rotatable bonds is 1. The predicted octanol–water partition coefficient (Wildman–Crippen LogP) is 2.73. The molecule has 0 aromatic heterocycles. The third kappa shape index (κ3) is 1.69. The molecular weight excluding hydrogens is 174 g/mol. The highest BCUT2D eigenvalue weighted by atomic mass is 19.1. The quantitative estimate of drug-likeness (QED) is 0.648. The second-order valence-corrected chi connectivity index (χ2v) is 2.86. The molecule has 0 amide bonds. The highest BCUT2D eigenvalue weighted by Crippen LogP contribution is 2.23. The summed E-state index contributed by atoms with van der Waals surface area (Å²) in [6.07, 6.45) is 2.63. The van der Waals surface area contributed by atoms with Gasteiger partial charge in [-0.05, 0) is 18.2 Å². The number of halogens is 2. The standard InChI is InChI=1S/C10H8F2O/c11-8-4-7(5-9(12)6-8)10-2-1-3-13-10/h2,4-6H,1,3H2. The molecular formula is C10H8F2O. The van der Waals surface area contributed by atoms with Gasteiger partial charge in [0.05, 0.1) is 6.61 Å². The maximum atomic E-state index is 12.8. The number of benzene rings is 1. The summed E-state index contributed by atoms with van der Waals surface area (Å²) in [5.41, 5.74) is 0.468. The molecule has 68 valence electrons. The molecule has 1 heterocycles. The fourth-order valence-corrected chi connectivity index (χ4v) is 1.32. The summed E-state index contributed by atoms with van der Waals surface area (Å²) < 4.78 is 30.7. The van der Waals surface area contributed by atoms with Crippen LogP contribution >= 0.6 is 0 Å². The first-order valence-electron chi connectivity index (χ1n) is 4.05. The van der Waals surface area contributed by atoms with E-state index in [1.54, 1.807) is 0 Å². The zero-order chi connectivity index (χ0) is 9.26. The van der Waals surface area contributed by atoms with Gasteiger partial charge in [0.2, 0.25) is 0 Å². The van der Waals surface area contributed by atoms with Gasteiger partial charge in [0.15, 0.2) is 0 Å². The van der Waals surface area contributed by atoms with E-state index in [4.69, 9.17) is 4.74 Å². The first kappa shape index (κ1) is 8.23. The van der Waals surface area contributed by atoms with E-state index in [0.717, 1.165) is 12.5 Å². The lowest BCUT2D eigenvalue weighted by atomic mass is 10.1. The van der Waals surface area contributed by atoms with Crippen molar-refractivity contribution in [3.63, 3.8) is 0 Å². The highest BCUT2D eigenvalue weighted by Gasteiger charge is 2.10. The van der Waals surface area contributed by atoms with Crippen molar-refractivity contribution in [3.05, 3.63) is 41.5 Å². The molecule has 0 unspecified atom stereocenters. The van der Waals surface area contributed by atoms with Gasteiger partial charge in [-0.2, -0.15) is 0 Å². The third-order valence-electron chi connectivity index (χ3n) is 1.85. The smallest absolute Gasteiger partial charge is 0.126 e. The zero-order valence-electron chi connectivity index (χ0n) is 6.89. The van der Waals surface area contributed by atoms with Crippen LogP contribution in [0, 0.1) is 11.6 Å². The van der Waals surface area contributed by atoms with Gasteiger partial charge in [-0.25, -0.2) is 8.78 Å². The monoisotopic (exact) mass is 182 g/mol. The topological polar surface area (TPSA) is 9.23 Å².